The summed E-state index contributed by atoms with van der Waals surface area (Å²) >= 11 is 0. The zero-order chi connectivity index (χ0) is 12.1. The van der Waals surface area contributed by atoms with E-state index in [1.807, 2.05) is 27.7 Å². The fourth-order valence-electron chi connectivity index (χ4n) is 1.23. The highest BCUT2D eigenvalue weighted by atomic mass is 16.5. The highest BCUT2D eigenvalue weighted by molar-refractivity contribution is 5.73. The van der Waals surface area contributed by atoms with Crippen LogP contribution in [0.3, 0.4) is 0 Å². The minimum atomic E-state index is -0.376. The smallest absolute Gasteiger partial charge is 0.217 e. The van der Waals surface area contributed by atoms with E-state index in [0.29, 0.717) is 13.0 Å². The first-order valence-electron chi connectivity index (χ1n) is 5.22. The third kappa shape index (κ3) is 7.33. The summed E-state index contributed by atoms with van der Waals surface area (Å²) in [5.41, 5.74) is -0.733. The molecular formula is C11H23NO3. The van der Waals surface area contributed by atoms with E-state index in [-0.39, 0.29) is 23.7 Å². The molecule has 0 radical (unpaired) electrons. The molecule has 15 heavy (non-hydrogen) atoms. The summed E-state index contributed by atoms with van der Waals surface area (Å²) < 4.78 is 5.66. The van der Waals surface area contributed by atoms with E-state index in [9.17, 15) is 4.79 Å². The molecule has 0 unspecified atom stereocenters. The average Bonchev–Trinajstić information content (AvgIpc) is 1.99. The van der Waals surface area contributed by atoms with E-state index in [1.165, 1.54) is 6.92 Å². The highest BCUT2D eigenvalue weighted by Crippen LogP contribution is 2.16. The van der Waals surface area contributed by atoms with Crippen LogP contribution < -0.4 is 5.32 Å². The van der Waals surface area contributed by atoms with Crippen molar-refractivity contribution in [3.8, 4) is 0 Å². The molecule has 0 heterocycles. The molecule has 0 saturated carbocycles. The van der Waals surface area contributed by atoms with Crippen LogP contribution in [0.25, 0.3) is 0 Å². The van der Waals surface area contributed by atoms with Crippen LogP contribution in [0.4, 0.5) is 0 Å². The lowest BCUT2D eigenvalue weighted by Gasteiger charge is -2.32. The lowest BCUT2D eigenvalue weighted by molar-refractivity contribution is -0.122. The lowest BCUT2D eigenvalue weighted by atomic mass is 10.0. The number of nitrogens with one attached hydrogen (secondary N) is 1. The Morgan fingerprint density at radius 1 is 1.33 bits per heavy atom. The molecular weight excluding hydrogens is 194 g/mol. The van der Waals surface area contributed by atoms with Crippen molar-refractivity contribution in [1.82, 2.24) is 5.32 Å². The first-order chi connectivity index (χ1) is 6.68. The van der Waals surface area contributed by atoms with Crippen molar-refractivity contribution in [2.24, 2.45) is 0 Å². The SMILES string of the molecule is CC(=O)NC(C)(C)COC(C)(C)CCO. The Kier molecular flexibility index (Phi) is 5.24. The van der Waals surface area contributed by atoms with Gasteiger partial charge < -0.3 is 15.2 Å². The van der Waals surface area contributed by atoms with Crippen LogP contribution in [0.1, 0.15) is 41.0 Å². The number of aliphatic hydroxyl groups is 1. The lowest BCUT2D eigenvalue weighted by Crippen LogP contribution is -2.48. The van der Waals surface area contributed by atoms with E-state index in [1.54, 1.807) is 0 Å². The second kappa shape index (κ2) is 5.47. The quantitative estimate of drug-likeness (QED) is 0.700. The van der Waals surface area contributed by atoms with Gasteiger partial charge in [0.05, 0.1) is 17.7 Å². The van der Waals surface area contributed by atoms with Crippen molar-refractivity contribution in [1.29, 1.82) is 0 Å². The molecule has 4 heteroatoms. The van der Waals surface area contributed by atoms with Crippen LogP contribution in [0.5, 0.6) is 0 Å². The summed E-state index contributed by atoms with van der Waals surface area (Å²) in [4.78, 5) is 10.9. The summed E-state index contributed by atoms with van der Waals surface area (Å²) in [5, 5.41) is 11.6. The van der Waals surface area contributed by atoms with Gasteiger partial charge >= 0.3 is 0 Å². The van der Waals surface area contributed by atoms with E-state index in [4.69, 9.17) is 9.84 Å². The van der Waals surface area contributed by atoms with Gasteiger partial charge in [-0.25, -0.2) is 0 Å². The molecule has 0 aliphatic carbocycles. The molecule has 0 aromatic rings. The number of aliphatic hydroxyl groups excluding tert-OH is 1. The van der Waals surface area contributed by atoms with Gasteiger partial charge in [-0.3, -0.25) is 4.79 Å². The second-order valence-corrected chi connectivity index (χ2v) is 5.09. The van der Waals surface area contributed by atoms with Crippen LogP contribution in [0, 0.1) is 0 Å². The van der Waals surface area contributed by atoms with Gasteiger partial charge in [0.2, 0.25) is 5.91 Å². The van der Waals surface area contributed by atoms with Gasteiger partial charge in [-0.05, 0) is 34.1 Å². The molecule has 0 bridgehead atoms. The Morgan fingerprint density at radius 2 is 1.87 bits per heavy atom. The van der Waals surface area contributed by atoms with Crippen LogP contribution >= 0.6 is 0 Å². The van der Waals surface area contributed by atoms with Crippen molar-refractivity contribution in [3.63, 3.8) is 0 Å². The summed E-state index contributed by atoms with van der Waals surface area (Å²) in [6.45, 7) is 9.68. The third-order valence-corrected chi connectivity index (χ3v) is 2.05. The summed E-state index contributed by atoms with van der Waals surface area (Å²) in [6.07, 6.45) is 0.586. The Morgan fingerprint density at radius 3 is 2.27 bits per heavy atom. The van der Waals surface area contributed by atoms with Gasteiger partial charge in [0, 0.05) is 13.5 Å². The summed E-state index contributed by atoms with van der Waals surface area (Å²) in [7, 11) is 0. The fourth-order valence-corrected chi connectivity index (χ4v) is 1.23. The summed E-state index contributed by atoms with van der Waals surface area (Å²) in [5.74, 6) is -0.0661. The molecule has 0 spiro atoms. The van der Waals surface area contributed by atoms with E-state index < -0.39 is 0 Å². The van der Waals surface area contributed by atoms with E-state index >= 15 is 0 Å². The molecule has 2 N–H and O–H groups in total. The molecule has 1 amide bonds. The van der Waals surface area contributed by atoms with Crippen molar-refractivity contribution in [2.45, 2.75) is 52.2 Å². The maximum Gasteiger partial charge on any atom is 0.217 e. The van der Waals surface area contributed by atoms with E-state index in [2.05, 4.69) is 5.32 Å². The Labute approximate surface area is 92.0 Å². The average molecular weight is 217 g/mol. The number of carbonyl (C=O) groups excluding carboxylic acids is 1. The topological polar surface area (TPSA) is 58.6 Å². The van der Waals surface area contributed by atoms with Gasteiger partial charge in [-0.15, -0.1) is 0 Å². The van der Waals surface area contributed by atoms with Crippen molar-refractivity contribution >= 4 is 5.91 Å². The normalized spacial score (nSPS) is 12.7. The van der Waals surface area contributed by atoms with Crippen molar-refractivity contribution < 1.29 is 14.6 Å². The number of hydrogen-bond acceptors (Lipinski definition) is 3. The summed E-state index contributed by atoms with van der Waals surface area (Å²) in [6, 6.07) is 0. The molecule has 0 fully saturated rings. The first kappa shape index (κ1) is 14.4. The molecule has 4 nitrogen and oxygen atoms in total. The first-order valence-corrected chi connectivity index (χ1v) is 5.22. The number of amides is 1. The Balaban J connectivity index is 4.07. The van der Waals surface area contributed by atoms with Gasteiger partial charge in [0.15, 0.2) is 0 Å². The maximum atomic E-state index is 10.9. The zero-order valence-electron chi connectivity index (χ0n) is 10.4. The van der Waals surface area contributed by atoms with Crippen LogP contribution in [-0.4, -0.2) is 35.4 Å². The molecule has 90 valence electrons. The zero-order valence-corrected chi connectivity index (χ0v) is 10.4. The van der Waals surface area contributed by atoms with Crippen molar-refractivity contribution in [3.05, 3.63) is 0 Å². The van der Waals surface area contributed by atoms with Crippen LogP contribution in [0.15, 0.2) is 0 Å². The monoisotopic (exact) mass is 217 g/mol. The van der Waals surface area contributed by atoms with Gasteiger partial charge in [-0.2, -0.15) is 0 Å². The van der Waals surface area contributed by atoms with Crippen LogP contribution in [-0.2, 0) is 9.53 Å². The van der Waals surface area contributed by atoms with E-state index in [0.717, 1.165) is 0 Å². The molecule has 0 aliphatic rings. The number of carbonyl (C=O) groups is 1. The minimum absolute atomic E-state index is 0.0661. The predicted molar refractivity (Wildman–Crippen MR) is 59.6 cm³/mol. The van der Waals surface area contributed by atoms with Gasteiger partial charge in [-0.1, -0.05) is 0 Å². The molecule has 0 saturated heterocycles. The molecule has 0 rings (SSSR count). The number of ether oxygens (including phenoxy) is 1. The predicted octanol–water partition coefficient (Wildman–Crippen LogP) is 1.08. The van der Waals surface area contributed by atoms with Crippen LogP contribution in [0.2, 0.25) is 0 Å². The Hall–Kier alpha value is -0.610. The number of rotatable bonds is 6. The molecule has 0 aliphatic heterocycles. The number of hydrogen-bond donors (Lipinski definition) is 2. The largest absolute Gasteiger partial charge is 0.396 e. The molecule has 0 aromatic heterocycles. The van der Waals surface area contributed by atoms with Gasteiger partial charge in [0.25, 0.3) is 0 Å². The maximum absolute atomic E-state index is 10.9. The Bertz CT molecular complexity index is 212. The van der Waals surface area contributed by atoms with Gasteiger partial charge in [0.1, 0.15) is 0 Å². The minimum Gasteiger partial charge on any atom is -0.396 e. The third-order valence-electron chi connectivity index (χ3n) is 2.05. The highest BCUT2D eigenvalue weighted by Gasteiger charge is 2.24. The standard InChI is InChI=1S/C11H23NO3/c1-9(14)12-10(2,3)8-15-11(4,5)6-7-13/h13H,6-8H2,1-5H3,(H,12,14). The van der Waals surface area contributed by atoms with Crippen molar-refractivity contribution in [2.75, 3.05) is 13.2 Å². The molecule has 0 atom stereocenters. The second-order valence-electron chi connectivity index (χ2n) is 5.09. The molecule has 0 aromatic carbocycles. The fraction of sp³-hybridized carbons (Fsp3) is 0.909.